The van der Waals surface area contributed by atoms with Crippen LogP contribution >= 0.6 is 11.3 Å². The zero-order valence-corrected chi connectivity index (χ0v) is 21.9. The van der Waals surface area contributed by atoms with Crippen molar-refractivity contribution in [2.45, 2.75) is 19.2 Å². The van der Waals surface area contributed by atoms with Gasteiger partial charge in [-0.1, -0.05) is 0 Å². The first kappa shape index (κ1) is 27.6. The molecular weight excluding hydrogens is 529 g/mol. The molecule has 2 heterocycles. The van der Waals surface area contributed by atoms with Crippen LogP contribution in [-0.2, 0) is 16.2 Å². The van der Waals surface area contributed by atoms with Crippen molar-refractivity contribution in [3.8, 4) is 5.75 Å². The van der Waals surface area contributed by atoms with E-state index in [9.17, 15) is 26.7 Å². The van der Waals surface area contributed by atoms with Gasteiger partial charge in [0, 0.05) is 51.0 Å². The van der Waals surface area contributed by atoms with Gasteiger partial charge in [0.15, 0.2) is 0 Å². The number of aliphatic hydroxyl groups excluding tert-OH is 1. The number of aliphatic hydroxyl groups is 1. The monoisotopic (exact) mass is 558 g/mol. The number of anilines is 1. The quantitative estimate of drug-likeness (QED) is 0.394. The van der Waals surface area contributed by atoms with Gasteiger partial charge in [0.25, 0.3) is 0 Å². The van der Waals surface area contributed by atoms with E-state index in [4.69, 9.17) is 4.74 Å². The summed E-state index contributed by atoms with van der Waals surface area (Å²) in [6, 6.07) is 9.59. The van der Waals surface area contributed by atoms with Crippen molar-refractivity contribution in [2.75, 3.05) is 56.4 Å². The minimum atomic E-state index is -4.47. The fraction of sp³-hybridized carbons (Fsp3) is 0.458. The molecule has 0 spiro atoms. The van der Waals surface area contributed by atoms with Gasteiger partial charge < -0.3 is 9.84 Å². The third-order valence-corrected chi connectivity index (χ3v) is 8.22. The van der Waals surface area contributed by atoms with Gasteiger partial charge in [-0.05, 0) is 43.3 Å². The summed E-state index contributed by atoms with van der Waals surface area (Å²) in [5.74, 6) is 0.487. The molecule has 2 N–H and O–H groups in total. The molecule has 1 saturated heterocycles. The summed E-state index contributed by atoms with van der Waals surface area (Å²) in [5.41, 5.74) is 0.134. The molecule has 8 nitrogen and oxygen atoms in total. The molecule has 1 unspecified atom stereocenters. The Balaban J connectivity index is 1.16. The van der Waals surface area contributed by atoms with Gasteiger partial charge in [-0.15, -0.1) is 11.3 Å². The molecule has 202 valence electrons. The van der Waals surface area contributed by atoms with E-state index in [1.54, 1.807) is 11.3 Å². The second-order valence-electron chi connectivity index (χ2n) is 8.97. The standard InChI is InChI=1S/C24H29F3N4O4S2/c1-17-28-22-14-21(6-7-23(22)36-17)35-16-20(32)15-31-10-8-30(9-11-31)12-13-37(33,34)29-19-4-2-18(3-5-19)24(25,26)27/h2-7,14,20,29,32H,8-13,15-16H2,1H3. The number of alkyl halides is 3. The normalized spacial score (nSPS) is 16.7. The van der Waals surface area contributed by atoms with E-state index in [0.29, 0.717) is 45.0 Å². The molecule has 1 fully saturated rings. The van der Waals surface area contributed by atoms with Crippen molar-refractivity contribution in [2.24, 2.45) is 0 Å². The van der Waals surface area contributed by atoms with Crippen molar-refractivity contribution in [1.29, 1.82) is 0 Å². The number of halogens is 3. The van der Waals surface area contributed by atoms with Gasteiger partial charge >= 0.3 is 6.18 Å². The van der Waals surface area contributed by atoms with Crippen LogP contribution in [0.2, 0.25) is 0 Å². The Bertz CT molecular complexity index is 1290. The number of hydrogen-bond acceptors (Lipinski definition) is 8. The molecule has 1 aliphatic rings. The summed E-state index contributed by atoms with van der Waals surface area (Å²) >= 11 is 1.62. The number of aryl methyl sites for hydroxylation is 1. The van der Waals surface area contributed by atoms with Crippen molar-refractivity contribution in [3.05, 3.63) is 53.0 Å². The van der Waals surface area contributed by atoms with Crippen LogP contribution in [0.3, 0.4) is 0 Å². The Hall–Kier alpha value is -2.45. The summed E-state index contributed by atoms with van der Waals surface area (Å²) in [6.45, 7) is 5.48. The summed E-state index contributed by atoms with van der Waals surface area (Å²) < 4.78 is 71.9. The largest absolute Gasteiger partial charge is 0.491 e. The number of β-amino-alcohol motifs (C(OH)–C–C–N with tert-alkyl or cyclic N) is 1. The Kier molecular flexibility index (Phi) is 8.59. The molecule has 4 rings (SSSR count). The van der Waals surface area contributed by atoms with Crippen molar-refractivity contribution in [1.82, 2.24) is 14.8 Å². The van der Waals surface area contributed by atoms with E-state index in [0.717, 1.165) is 39.5 Å². The fourth-order valence-electron chi connectivity index (χ4n) is 4.06. The number of rotatable bonds is 10. The maximum Gasteiger partial charge on any atom is 0.416 e. The molecule has 1 atom stereocenters. The molecule has 0 saturated carbocycles. The number of nitrogens with one attached hydrogen (secondary N) is 1. The van der Waals surface area contributed by atoms with Crippen LogP contribution in [0.5, 0.6) is 5.75 Å². The lowest BCUT2D eigenvalue weighted by Crippen LogP contribution is -2.50. The highest BCUT2D eigenvalue weighted by molar-refractivity contribution is 7.92. The summed E-state index contributed by atoms with van der Waals surface area (Å²) in [5, 5.41) is 11.4. The minimum absolute atomic E-state index is 0.0932. The van der Waals surface area contributed by atoms with Crippen molar-refractivity contribution < 1.29 is 31.4 Å². The summed E-state index contributed by atoms with van der Waals surface area (Å²) in [4.78, 5) is 8.56. The first-order chi connectivity index (χ1) is 17.5. The smallest absolute Gasteiger partial charge is 0.416 e. The topological polar surface area (TPSA) is 95.0 Å². The number of aromatic nitrogens is 1. The van der Waals surface area contributed by atoms with Gasteiger partial charge in [-0.25, -0.2) is 13.4 Å². The number of thiazole rings is 1. The molecule has 1 aliphatic heterocycles. The second-order valence-corrected chi connectivity index (χ2v) is 12.0. The molecule has 0 radical (unpaired) electrons. The summed E-state index contributed by atoms with van der Waals surface area (Å²) in [7, 11) is -3.71. The van der Waals surface area contributed by atoms with Crippen LogP contribution in [0.4, 0.5) is 18.9 Å². The first-order valence-electron chi connectivity index (χ1n) is 11.8. The highest BCUT2D eigenvalue weighted by Gasteiger charge is 2.30. The van der Waals surface area contributed by atoms with Crippen molar-refractivity contribution >= 4 is 37.3 Å². The van der Waals surface area contributed by atoms with Crippen LogP contribution in [0.15, 0.2) is 42.5 Å². The summed E-state index contributed by atoms with van der Waals surface area (Å²) in [6.07, 6.45) is -5.15. The number of fused-ring (bicyclic) bond motifs is 1. The molecule has 0 amide bonds. The molecule has 1 aromatic heterocycles. The zero-order chi connectivity index (χ0) is 26.6. The number of ether oxygens (including phenoxy) is 1. The van der Waals surface area contributed by atoms with Crippen LogP contribution in [0.25, 0.3) is 10.2 Å². The number of sulfonamides is 1. The highest BCUT2D eigenvalue weighted by Crippen LogP contribution is 2.30. The lowest BCUT2D eigenvalue weighted by Gasteiger charge is -2.35. The number of nitrogens with zero attached hydrogens (tertiary/aromatic N) is 3. The number of piperazine rings is 1. The van der Waals surface area contributed by atoms with Crippen LogP contribution in [0, 0.1) is 6.92 Å². The van der Waals surface area contributed by atoms with Crippen LogP contribution < -0.4 is 9.46 Å². The first-order valence-corrected chi connectivity index (χ1v) is 14.2. The van der Waals surface area contributed by atoms with Gasteiger partial charge in [0.2, 0.25) is 10.0 Å². The van der Waals surface area contributed by atoms with Gasteiger partial charge in [0.05, 0.1) is 26.5 Å². The molecule has 37 heavy (non-hydrogen) atoms. The second kappa shape index (κ2) is 11.5. The average molecular weight is 559 g/mol. The average Bonchev–Trinajstić information content (AvgIpc) is 3.21. The van der Waals surface area contributed by atoms with E-state index in [2.05, 4.69) is 14.6 Å². The molecule has 2 aromatic carbocycles. The Morgan fingerprint density at radius 2 is 1.78 bits per heavy atom. The minimum Gasteiger partial charge on any atom is -0.491 e. The predicted octanol–water partition coefficient (Wildman–Crippen LogP) is 3.42. The number of hydrogen-bond donors (Lipinski definition) is 2. The van der Waals surface area contributed by atoms with E-state index in [1.165, 1.54) is 0 Å². The molecular formula is C24H29F3N4O4S2. The lowest BCUT2D eigenvalue weighted by atomic mass is 10.2. The Labute approximate surface area is 217 Å². The van der Waals surface area contributed by atoms with E-state index < -0.39 is 27.9 Å². The maximum absolute atomic E-state index is 12.7. The molecule has 3 aromatic rings. The van der Waals surface area contributed by atoms with E-state index >= 15 is 0 Å². The van der Waals surface area contributed by atoms with Crippen LogP contribution in [0.1, 0.15) is 10.6 Å². The third kappa shape index (κ3) is 8.01. The van der Waals surface area contributed by atoms with Crippen LogP contribution in [-0.4, -0.2) is 86.0 Å². The number of benzene rings is 2. The maximum atomic E-state index is 12.7. The van der Waals surface area contributed by atoms with E-state index in [-0.39, 0.29) is 18.0 Å². The fourth-order valence-corrected chi connectivity index (χ4v) is 5.96. The molecule has 13 heteroatoms. The third-order valence-electron chi connectivity index (χ3n) is 6.00. The molecule has 0 bridgehead atoms. The van der Waals surface area contributed by atoms with Gasteiger partial charge in [-0.2, -0.15) is 13.2 Å². The van der Waals surface area contributed by atoms with Gasteiger partial charge in [0.1, 0.15) is 18.5 Å². The highest BCUT2D eigenvalue weighted by atomic mass is 32.2. The predicted molar refractivity (Wildman–Crippen MR) is 138 cm³/mol. The Morgan fingerprint density at radius 3 is 2.46 bits per heavy atom. The SMILES string of the molecule is Cc1nc2cc(OCC(O)CN3CCN(CCS(=O)(=O)Nc4ccc(C(F)(F)F)cc4)CC3)ccc2s1. The Morgan fingerprint density at radius 1 is 1.11 bits per heavy atom. The van der Waals surface area contributed by atoms with Crippen molar-refractivity contribution in [3.63, 3.8) is 0 Å². The van der Waals surface area contributed by atoms with E-state index in [1.807, 2.05) is 30.0 Å². The van der Waals surface area contributed by atoms with Gasteiger partial charge in [-0.3, -0.25) is 14.5 Å². The lowest BCUT2D eigenvalue weighted by molar-refractivity contribution is -0.137. The zero-order valence-electron chi connectivity index (χ0n) is 20.2. The molecule has 0 aliphatic carbocycles.